The number of aliphatic carboxylic acids is 1. The minimum Gasteiger partial charge on any atom is -0.481 e. The summed E-state index contributed by atoms with van der Waals surface area (Å²) < 4.78 is 23.8. The summed E-state index contributed by atoms with van der Waals surface area (Å²) in [5.74, 6) is -1.15. The van der Waals surface area contributed by atoms with E-state index < -0.39 is 21.1 Å². The minimum absolute atomic E-state index is 0.0634. The molecule has 0 aliphatic rings. The molecule has 6 heteroatoms. The summed E-state index contributed by atoms with van der Waals surface area (Å²) in [7, 11) is -3.37. The first-order valence-corrected chi connectivity index (χ1v) is 7.89. The summed E-state index contributed by atoms with van der Waals surface area (Å²) >= 11 is 1.47. The van der Waals surface area contributed by atoms with Crippen LogP contribution in [0.25, 0.3) is 0 Å². The Hall–Kier alpha value is -0.880. The standard InChI is InChI=1S/C11H16O4S2/c1-3-9-4-5-10(16-9)7-17(14,15)8(2)6-11(12)13/h4-5,8H,3,6-7H2,1-2H3,(H,12,13). The number of thiophene rings is 1. The van der Waals surface area contributed by atoms with Crippen LogP contribution in [-0.4, -0.2) is 24.7 Å². The third kappa shape index (κ3) is 4.12. The molecule has 0 aliphatic carbocycles. The molecule has 1 heterocycles. The van der Waals surface area contributed by atoms with E-state index in [1.807, 2.05) is 13.0 Å². The molecule has 1 N–H and O–H groups in total. The van der Waals surface area contributed by atoms with Crippen LogP contribution in [0, 0.1) is 0 Å². The average molecular weight is 276 g/mol. The van der Waals surface area contributed by atoms with Crippen LogP contribution < -0.4 is 0 Å². The first-order valence-electron chi connectivity index (χ1n) is 5.36. The molecule has 0 saturated carbocycles. The quantitative estimate of drug-likeness (QED) is 0.863. The molecule has 17 heavy (non-hydrogen) atoms. The summed E-state index contributed by atoms with van der Waals surface area (Å²) in [6, 6.07) is 3.71. The van der Waals surface area contributed by atoms with Gasteiger partial charge in [0.2, 0.25) is 0 Å². The predicted octanol–water partition coefficient (Wildman–Crippen LogP) is 2.09. The summed E-state index contributed by atoms with van der Waals surface area (Å²) in [6.07, 6.45) is 0.545. The van der Waals surface area contributed by atoms with Gasteiger partial charge in [-0.25, -0.2) is 8.42 Å². The highest BCUT2D eigenvalue weighted by Crippen LogP contribution is 2.21. The van der Waals surface area contributed by atoms with Crippen LogP contribution in [0.3, 0.4) is 0 Å². The number of hydrogen-bond acceptors (Lipinski definition) is 4. The maximum atomic E-state index is 11.9. The van der Waals surface area contributed by atoms with E-state index in [2.05, 4.69) is 0 Å². The highest BCUT2D eigenvalue weighted by atomic mass is 32.2. The van der Waals surface area contributed by atoms with E-state index in [-0.39, 0.29) is 12.2 Å². The van der Waals surface area contributed by atoms with E-state index in [9.17, 15) is 13.2 Å². The summed E-state index contributed by atoms with van der Waals surface area (Å²) in [5, 5.41) is 7.75. The molecule has 0 aromatic carbocycles. The van der Waals surface area contributed by atoms with Crippen molar-refractivity contribution in [2.45, 2.75) is 37.7 Å². The number of rotatable bonds is 6. The van der Waals surface area contributed by atoms with Gasteiger partial charge in [-0.1, -0.05) is 6.92 Å². The van der Waals surface area contributed by atoms with Gasteiger partial charge in [0.15, 0.2) is 9.84 Å². The van der Waals surface area contributed by atoms with Gasteiger partial charge in [-0.05, 0) is 25.5 Å². The lowest BCUT2D eigenvalue weighted by Gasteiger charge is -2.09. The summed E-state index contributed by atoms with van der Waals surface area (Å²) in [5.41, 5.74) is 0. The number of carbonyl (C=O) groups is 1. The molecular weight excluding hydrogens is 260 g/mol. The van der Waals surface area contributed by atoms with Crippen LogP contribution in [0.2, 0.25) is 0 Å². The van der Waals surface area contributed by atoms with E-state index in [4.69, 9.17) is 5.11 Å². The Morgan fingerprint density at radius 3 is 2.47 bits per heavy atom. The van der Waals surface area contributed by atoms with Gasteiger partial charge >= 0.3 is 5.97 Å². The maximum Gasteiger partial charge on any atom is 0.304 e. The van der Waals surface area contributed by atoms with Crippen molar-refractivity contribution in [2.75, 3.05) is 0 Å². The Labute approximate surface area is 105 Å². The largest absolute Gasteiger partial charge is 0.481 e. The van der Waals surface area contributed by atoms with E-state index in [1.165, 1.54) is 18.3 Å². The van der Waals surface area contributed by atoms with Crippen molar-refractivity contribution >= 4 is 27.1 Å². The Bertz CT molecular complexity index is 487. The van der Waals surface area contributed by atoms with Gasteiger partial charge in [-0.2, -0.15) is 0 Å². The van der Waals surface area contributed by atoms with Crippen LogP contribution in [0.1, 0.15) is 30.0 Å². The smallest absolute Gasteiger partial charge is 0.304 e. The normalized spacial score (nSPS) is 13.5. The highest BCUT2D eigenvalue weighted by Gasteiger charge is 2.24. The van der Waals surface area contributed by atoms with Gasteiger partial charge in [-0.15, -0.1) is 11.3 Å². The molecule has 0 saturated heterocycles. The van der Waals surface area contributed by atoms with Crippen LogP contribution in [0.4, 0.5) is 0 Å². The average Bonchev–Trinajstić information content (AvgIpc) is 2.63. The van der Waals surface area contributed by atoms with Gasteiger partial charge in [-0.3, -0.25) is 4.79 Å². The van der Waals surface area contributed by atoms with Crippen molar-refractivity contribution in [1.29, 1.82) is 0 Å². The molecule has 0 radical (unpaired) electrons. The molecule has 1 atom stereocenters. The van der Waals surface area contributed by atoms with E-state index in [1.54, 1.807) is 6.07 Å². The fraction of sp³-hybridized carbons (Fsp3) is 0.545. The van der Waals surface area contributed by atoms with E-state index >= 15 is 0 Å². The van der Waals surface area contributed by atoms with E-state index in [0.717, 1.165) is 16.2 Å². The van der Waals surface area contributed by atoms with Crippen molar-refractivity contribution in [2.24, 2.45) is 0 Å². The van der Waals surface area contributed by atoms with Gasteiger partial charge in [0.25, 0.3) is 0 Å². The predicted molar refractivity (Wildman–Crippen MR) is 68.0 cm³/mol. The van der Waals surface area contributed by atoms with Crippen LogP contribution in [0.5, 0.6) is 0 Å². The zero-order valence-corrected chi connectivity index (χ0v) is 11.5. The van der Waals surface area contributed by atoms with Crippen LogP contribution >= 0.6 is 11.3 Å². The first-order chi connectivity index (χ1) is 7.85. The minimum atomic E-state index is -3.37. The van der Waals surface area contributed by atoms with Gasteiger partial charge in [0.05, 0.1) is 17.4 Å². The fourth-order valence-electron chi connectivity index (χ4n) is 1.40. The Balaban J connectivity index is 2.75. The zero-order chi connectivity index (χ0) is 13.1. The molecule has 96 valence electrons. The molecule has 0 amide bonds. The Morgan fingerprint density at radius 1 is 1.41 bits per heavy atom. The number of carboxylic acids is 1. The molecular formula is C11H16O4S2. The van der Waals surface area contributed by atoms with Gasteiger partial charge in [0.1, 0.15) is 0 Å². The molecule has 0 fully saturated rings. The Kier molecular flexibility index (Phi) is 4.70. The number of aryl methyl sites for hydroxylation is 1. The second-order valence-electron chi connectivity index (χ2n) is 3.94. The molecule has 1 aromatic rings. The molecule has 4 nitrogen and oxygen atoms in total. The van der Waals surface area contributed by atoms with Crippen molar-refractivity contribution < 1.29 is 18.3 Å². The molecule has 0 spiro atoms. The summed E-state index contributed by atoms with van der Waals surface area (Å²) in [6.45, 7) is 3.45. The molecule has 1 rings (SSSR count). The lowest BCUT2D eigenvalue weighted by Crippen LogP contribution is -2.22. The van der Waals surface area contributed by atoms with Crippen molar-refractivity contribution in [3.63, 3.8) is 0 Å². The molecule has 1 unspecified atom stereocenters. The lowest BCUT2D eigenvalue weighted by molar-refractivity contribution is -0.136. The second kappa shape index (κ2) is 5.64. The van der Waals surface area contributed by atoms with Crippen molar-refractivity contribution in [1.82, 2.24) is 0 Å². The zero-order valence-electron chi connectivity index (χ0n) is 9.84. The van der Waals surface area contributed by atoms with Gasteiger partial charge < -0.3 is 5.11 Å². The number of sulfone groups is 1. The Morgan fingerprint density at radius 2 is 2.00 bits per heavy atom. The highest BCUT2D eigenvalue weighted by molar-refractivity contribution is 7.91. The fourth-order valence-corrected chi connectivity index (χ4v) is 4.06. The molecule has 0 bridgehead atoms. The monoisotopic (exact) mass is 276 g/mol. The van der Waals surface area contributed by atoms with E-state index in [0.29, 0.717) is 0 Å². The molecule has 1 aromatic heterocycles. The second-order valence-corrected chi connectivity index (χ2v) is 7.61. The van der Waals surface area contributed by atoms with Crippen LogP contribution in [-0.2, 0) is 26.8 Å². The maximum absolute atomic E-state index is 11.9. The first kappa shape index (κ1) is 14.2. The van der Waals surface area contributed by atoms with Crippen molar-refractivity contribution in [3.05, 3.63) is 21.9 Å². The SMILES string of the molecule is CCc1ccc(CS(=O)(=O)C(C)CC(=O)O)s1. The lowest BCUT2D eigenvalue weighted by atomic mass is 10.3. The summed E-state index contributed by atoms with van der Waals surface area (Å²) in [4.78, 5) is 12.4. The number of hydrogen-bond donors (Lipinski definition) is 1. The number of carboxylic acid groups (broad SMARTS) is 1. The third-order valence-corrected chi connectivity index (χ3v) is 6.00. The topological polar surface area (TPSA) is 71.4 Å². The van der Waals surface area contributed by atoms with Crippen molar-refractivity contribution in [3.8, 4) is 0 Å². The van der Waals surface area contributed by atoms with Crippen LogP contribution in [0.15, 0.2) is 12.1 Å². The molecule has 0 aliphatic heterocycles. The van der Waals surface area contributed by atoms with Gasteiger partial charge in [0, 0.05) is 9.75 Å². The third-order valence-electron chi connectivity index (χ3n) is 2.48.